The van der Waals surface area contributed by atoms with Crippen molar-refractivity contribution in [1.29, 1.82) is 5.26 Å². The molecule has 1 unspecified atom stereocenters. The van der Waals surface area contributed by atoms with Crippen molar-refractivity contribution in [3.63, 3.8) is 0 Å². The molecule has 3 aromatic rings. The number of carbonyl (C=O) groups excluding carboxylic acids is 4. The van der Waals surface area contributed by atoms with Crippen LogP contribution in [0.25, 0.3) is 0 Å². The van der Waals surface area contributed by atoms with Crippen molar-refractivity contribution in [1.82, 2.24) is 20.0 Å². The number of benzene rings is 3. The largest absolute Gasteiger partial charge is 0.371 e. The number of piperidine rings is 2. The molecule has 3 aromatic carbocycles. The molecular weight excluding hydrogens is 728 g/mol. The number of halogens is 1. The molecule has 13 heteroatoms. The fourth-order valence-corrected chi connectivity index (χ4v) is 10.2. The molecule has 290 valence electrons. The van der Waals surface area contributed by atoms with Gasteiger partial charge in [-0.2, -0.15) is 5.26 Å². The van der Waals surface area contributed by atoms with Crippen LogP contribution in [0.2, 0.25) is 5.02 Å². The third-order valence-corrected chi connectivity index (χ3v) is 13.6. The summed E-state index contributed by atoms with van der Waals surface area (Å²) in [5, 5.41) is 12.2. The first-order valence-corrected chi connectivity index (χ1v) is 20.3. The third-order valence-electron chi connectivity index (χ3n) is 13.3. The Morgan fingerprint density at radius 2 is 1.57 bits per heavy atom. The van der Waals surface area contributed by atoms with Gasteiger partial charge in [-0.05, 0) is 98.2 Å². The third kappa shape index (κ3) is 6.64. The Kier molecular flexibility index (Phi) is 9.41. The minimum absolute atomic E-state index is 0.0844. The number of nitrogens with zero attached hydrogens (tertiary/aromatic N) is 7. The maximum atomic E-state index is 13.6. The summed E-state index contributed by atoms with van der Waals surface area (Å²) >= 11 is 6.38. The summed E-state index contributed by atoms with van der Waals surface area (Å²) in [7, 11) is 0. The number of carbonyl (C=O) groups is 4. The van der Waals surface area contributed by atoms with Gasteiger partial charge in [0.1, 0.15) is 12.1 Å². The van der Waals surface area contributed by atoms with E-state index in [-0.39, 0.29) is 29.6 Å². The van der Waals surface area contributed by atoms with Crippen molar-refractivity contribution < 1.29 is 19.2 Å². The van der Waals surface area contributed by atoms with Gasteiger partial charge < -0.3 is 24.5 Å². The van der Waals surface area contributed by atoms with Crippen LogP contribution in [0, 0.1) is 16.7 Å². The Hall–Kier alpha value is -5.12. The zero-order valence-electron chi connectivity index (χ0n) is 31.8. The van der Waals surface area contributed by atoms with Gasteiger partial charge in [-0.1, -0.05) is 17.7 Å². The molecule has 2 atom stereocenters. The van der Waals surface area contributed by atoms with Crippen LogP contribution in [-0.2, 0) is 16.1 Å². The van der Waals surface area contributed by atoms with E-state index in [0.29, 0.717) is 54.3 Å². The number of piperazine rings is 1. The van der Waals surface area contributed by atoms with E-state index in [0.717, 1.165) is 93.3 Å². The quantitative estimate of drug-likeness (QED) is 0.361. The summed E-state index contributed by atoms with van der Waals surface area (Å²) < 4.78 is 0. The zero-order chi connectivity index (χ0) is 38.7. The molecule has 0 radical (unpaired) electrons. The van der Waals surface area contributed by atoms with Crippen LogP contribution in [0.1, 0.15) is 70.9 Å². The maximum Gasteiger partial charge on any atom is 0.255 e. The lowest BCUT2D eigenvalue weighted by Crippen LogP contribution is -2.63. The summed E-state index contributed by atoms with van der Waals surface area (Å²) in [5.41, 5.74) is 6.31. The molecular formula is C43H47ClN8O4. The molecule has 5 saturated heterocycles. The molecule has 5 fully saturated rings. The summed E-state index contributed by atoms with van der Waals surface area (Å²) in [5.74, 6) is -0.743. The number of hydrogen-bond donors (Lipinski definition) is 1. The van der Waals surface area contributed by atoms with E-state index in [9.17, 15) is 24.4 Å². The number of hydrogen-bond acceptors (Lipinski definition) is 9. The SMILES string of the molecule is C[C@H]1CC2(CCN(c3ccc(C(=O)N4CCN(C5CN(c6ccc7c(c6)C(=O)N(C6CCC(=O)NC6=O)C7)C5)CC4)cc3)CC2)CN1c1ccc(C#N)c(Cl)c1. The molecule has 4 amide bonds. The number of rotatable bonds is 6. The Labute approximate surface area is 332 Å². The lowest BCUT2D eigenvalue weighted by Gasteiger charge is -2.49. The van der Waals surface area contributed by atoms with Gasteiger partial charge in [0, 0.05) is 112 Å². The van der Waals surface area contributed by atoms with Crippen LogP contribution in [0.5, 0.6) is 0 Å². The van der Waals surface area contributed by atoms with Gasteiger partial charge in [0.05, 0.1) is 10.6 Å². The van der Waals surface area contributed by atoms with E-state index < -0.39 is 11.9 Å². The van der Waals surface area contributed by atoms with Crippen LogP contribution in [0.15, 0.2) is 60.7 Å². The number of imide groups is 1. The van der Waals surface area contributed by atoms with Gasteiger partial charge in [-0.15, -0.1) is 0 Å². The lowest BCUT2D eigenvalue weighted by molar-refractivity contribution is -0.136. The van der Waals surface area contributed by atoms with Gasteiger partial charge in [-0.3, -0.25) is 29.4 Å². The van der Waals surface area contributed by atoms with E-state index in [2.05, 4.69) is 56.1 Å². The molecule has 0 aliphatic carbocycles. The average molecular weight is 775 g/mol. The minimum atomic E-state index is -0.610. The summed E-state index contributed by atoms with van der Waals surface area (Å²) in [6.07, 6.45) is 3.97. The highest BCUT2D eigenvalue weighted by Crippen LogP contribution is 2.46. The second-order valence-electron chi connectivity index (χ2n) is 16.6. The van der Waals surface area contributed by atoms with Crippen molar-refractivity contribution in [2.45, 2.75) is 63.7 Å². The van der Waals surface area contributed by atoms with Crippen LogP contribution >= 0.6 is 11.6 Å². The van der Waals surface area contributed by atoms with Crippen molar-refractivity contribution >= 4 is 52.3 Å². The van der Waals surface area contributed by atoms with E-state index in [1.165, 1.54) is 0 Å². The van der Waals surface area contributed by atoms with Crippen molar-refractivity contribution in [3.05, 3.63) is 87.9 Å². The van der Waals surface area contributed by atoms with Crippen LogP contribution < -0.4 is 20.0 Å². The summed E-state index contributed by atoms with van der Waals surface area (Å²) in [6, 6.07) is 22.3. The predicted molar refractivity (Wildman–Crippen MR) is 214 cm³/mol. The molecule has 6 heterocycles. The van der Waals surface area contributed by atoms with Gasteiger partial charge in [0.25, 0.3) is 11.8 Å². The first kappa shape index (κ1) is 36.5. The molecule has 56 heavy (non-hydrogen) atoms. The van der Waals surface area contributed by atoms with E-state index in [1.54, 1.807) is 4.90 Å². The monoisotopic (exact) mass is 774 g/mol. The van der Waals surface area contributed by atoms with Crippen molar-refractivity contribution in [2.75, 3.05) is 73.6 Å². The second kappa shape index (κ2) is 14.4. The van der Waals surface area contributed by atoms with Gasteiger partial charge >= 0.3 is 0 Å². The molecule has 1 N–H and O–H groups in total. The van der Waals surface area contributed by atoms with Crippen LogP contribution in [-0.4, -0.2) is 115 Å². The molecule has 12 nitrogen and oxygen atoms in total. The van der Waals surface area contributed by atoms with Gasteiger partial charge in [-0.25, -0.2) is 0 Å². The standard InChI is InChI=1S/C43H47ClN8O4/c1-28-22-43(27-52(28)34-9-4-30(23-45)37(44)21-34)12-14-47(15-13-43)32-6-2-29(3-7-32)41(55)49-18-16-48(17-19-49)35-25-50(26-35)33-8-5-31-24-51(42(56)36(31)20-33)38-10-11-39(53)46-40(38)54/h2-9,20-21,28,35,38H,10-19,22,24-27H2,1H3,(H,46,53,54)/t28-,38?/m0/s1. The second-order valence-corrected chi connectivity index (χ2v) is 17.0. The number of nitrogens with one attached hydrogen (secondary N) is 1. The topological polar surface area (TPSA) is 124 Å². The molecule has 6 aliphatic rings. The summed E-state index contributed by atoms with van der Waals surface area (Å²) in [6.45, 7) is 10.4. The molecule has 1 spiro atoms. The molecule has 6 aliphatic heterocycles. The highest BCUT2D eigenvalue weighted by Gasteiger charge is 2.45. The number of anilines is 3. The Balaban J connectivity index is 0.734. The Morgan fingerprint density at radius 1 is 0.857 bits per heavy atom. The summed E-state index contributed by atoms with van der Waals surface area (Å²) in [4.78, 5) is 64.1. The van der Waals surface area contributed by atoms with Crippen molar-refractivity contribution in [3.8, 4) is 6.07 Å². The predicted octanol–water partition coefficient (Wildman–Crippen LogP) is 4.50. The number of nitriles is 1. The zero-order valence-corrected chi connectivity index (χ0v) is 32.5. The van der Waals surface area contributed by atoms with E-state index in [4.69, 9.17) is 11.6 Å². The van der Waals surface area contributed by atoms with Gasteiger partial charge in [0.2, 0.25) is 11.8 Å². The Bertz CT molecular complexity index is 2110. The minimum Gasteiger partial charge on any atom is -0.371 e. The van der Waals surface area contributed by atoms with Crippen molar-refractivity contribution in [2.24, 2.45) is 5.41 Å². The maximum absolute atomic E-state index is 13.6. The first-order valence-electron chi connectivity index (χ1n) is 20.0. The lowest BCUT2D eigenvalue weighted by atomic mass is 9.76. The smallest absolute Gasteiger partial charge is 0.255 e. The van der Waals surface area contributed by atoms with Crippen LogP contribution in [0.3, 0.4) is 0 Å². The molecule has 0 aromatic heterocycles. The molecule has 0 saturated carbocycles. The highest BCUT2D eigenvalue weighted by atomic mass is 35.5. The first-order chi connectivity index (χ1) is 27.1. The average Bonchev–Trinajstić information content (AvgIpc) is 3.69. The Morgan fingerprint density at radius 3 is 2.27 bits per heavy atom. The normalized spacial score (nSPS) is 24.0. The van der Waals surface area contributed by atoms with Crippen LogP contribution in [0.4, 0.5) is 17.1 Å². The fraction of sp³-hybridized carbons (Fsp3) is 0.465. The van der Waals surface area contributed by atoms with E-state index in [1.807, 2.05) is 47.4 Å². The van der Waals surface area contributed by atoms with E-state index >= 15 is 0 Å². The molecule has 9 rings (SSSR count). The number of amides is 4. The fourth-order valence-electron chi connectivity index (χ4n) is 9.96. The number of fused-ring (bicyclic) bond motifs is 1. The highest BCUT2D eigenvalue weighted by molar-refractivity contribution is 6.32. The molecule has 0 bridgehead atoms. The van der Waals surface area contributed by atoms with Gasteiger partial charge in [0.15, 0.2) is 0 Å².